The van der Waals surface area contributed by atoms with Gasteiger partial charge in [0.1, 0.15) is 11.6 Å². The Bertz CT molecular complexity index is 1210. The van der Waals surface area contributed by atoms with Crippen LogP contribution in [-0.4, -0.2) is 73.5 Å². The lowest BCUT2D eigenvalue weighted by atomic mass is 10.1. The van der Waals surface area contributed by atoms with E-state index in [2.05, 4.69) is 27.5 Å². The van der Waals surface area contributed by atoms with Gasteiger partial charge in [0.2, 0.25) is 0 Å². The van der Waals surface area contributed by atoms with E-state index in [1.165, 1.54) is 12.6 Å². The molecular weight excluding hydrogens is 468 g/mol. The van der Waals surface area contributed by atoms with Crippen LogP contribution in [0.5, 0.6) is 0 Å². The standard InChI is InChI=1S/C24H27N5O3.CH3Cl.H3N/c1-26(2)10-6-11-29-20-8-4-3-7-18(20)22(19(17-25)23(29)30)27-12-14-28(15-13-27)24(31)21-9-5-16-32-21;1-2;/h3-5,7-9,16H,6,10-15H2,1-2H3;1H3;1H3. The molecule has 3 heterocycles. The van der Waals surface area contributed by atoms with Crippen molar-refractivity contribution in [2.24, 2.45) is 0 Å². The number of carbonyl (C=O) groups is 1. The zero-order chi connectivity index (χ0) is 24.7. The van der Waals surface area contributed by atoms with Crippen LogP contribution in [0.15, 0.2) is 51.9 Å². The fourth-order valence-corrected chi connectivity index (χ4v) is 4.28. The normalized spacial score (nSPS) is 13.1. The molecule has 9 nitrogen and oxygen atoms in total. The van der Waals surface area contributed by atoms with Crippen LogP contribution in [0.25, 0.3) is 10.9 Å². The molecule has 1 aliphatic heterocycles. The second-order valence-corrected chi connectivity index (χ2v) is 8.22. The summed E-state index contributed by atoms with van der Waals surface area (Å²) in [5.74, 6) is 0.179. The third-order valence-electron chi connectivity index (χ3n) is 5.86. The average Bonchev–Trinajstić information content (AvgIpc) is 3.41. The molecule has 0 radical (unpaired) electrons. The molecule has 0 atom stereocenters. The summed E-state index contributed by atoms with van der Waals surface area (Å²) in [7, 11) is 4.00. The Hall–Kier alpha value is -3.32. The SMILES string of the molecule is CCl.CN(C)CCCn1c(=O)c(C#N)c(N2CCN(C(=O)c3ccco3)CC2)c2ccccc21.N. The van der Waals surface area contributed by atoms with Crippen molar-refractivity contribution in [2.45, 2.75) is 13.0 Å². The molecule has 35 heavy (non-hydrogen) atoms. The number of alkyl halides is 1. The number of pyridine rings is 1. The molecule has 1 aromatic carbocycles. The number of para-hydroxylation sites is 1. The van der Waals surface area contributed by atoms with Crippen LogP contribution in [0.3, 0.4) is 0 Å². The number of nitrogens with zero attached hydrogens (tertiary/aromatic N) is 5. The Balaban J connectivity index is 0.00000140. The minimum absolute atomic E-state index is 0. The number of piperazine rings is 1. The number of furan rings is 1. The van der Waals surface area contributed by atoms with E-state index in [9.17, 15) is 14.9 Å². The number of amides is 1. The van der Waals surface area contributed by atoms with E-state index in [1.54, 1.807) is 21.6 Å². The van der Waals surface area contributed by atoms with Crippen LogP contribution in [0.4, 0.5) is 5.69 Å². The second kappa shape index (κ2) is 13.0. The Kier molecular flexibility index (Phi) is 10.3. The molecular formula is C25H33ClN6O3. The molecule has 3 N–H and O–H groups in total. The highest BCUT2D eigenvalue weighted by Gasteiger charge is 2.27. The Morgan fingerprint density at radius 2 is 1.80 bits per heavy atom. The van der Waals surface area contributed by atoms with E-state index >= 15 is 0 Å². The van der Waals surface area contributed by atoms with Crippen molar-refractivity contribution in [3.8, 4) is 6.07 Å². The first-order valence-corrected chi connectivity index (χ1v) is 11.9. The van der Waals surface area contributed by atoms with Gasteiger partial charge < -0.3 is 29.8 Å². The van der Waals surface area contributed by atoms with Gasteiger partial charge in [0.25, 0.3) is 11.5 Å². The van der Waals surface area contributed by atoms with E-state index in [0.717, 1.165) is 23.9 Å². The van der Waals surface area contributed by atoms with E-state index in [4.69, 9.17) is 4.42 Å². The summed E-state index contributed by atoms with van der Waals surface area (Å²) < 4.78 is 6.95. The van der Waals surface area contributed by atoms with E-state index in [-0.39, 0.29) is 23.2 Å². The number of hydrogen-bond donors (Lipinski definition) is 1. The Morgan fingerprint density at radius 3 is 2.40 bits per heavy atom. The number of carbonyl (C=O) groups excluding carboxylic acids is 1. The van der Waals surface area contributed by atoms with Gasteiger partial charge in [-0.25, -0.2) is 0 Å². The maximum absolute atomic E-state index is 13.3. The number of fused-ring (bicyclic) bond motifs is 1. The number of aromatic nitrogens is 1. The van der Waals surface area contributed by atoms with Gasteiger partial charge in [0.05, 0.1) is 17.5 Å². The van der Waals surface area contributed by atoms with Gasteiger partial charge in [-0.1, -0.05) is 18.2 Å². The second-order valence-electron chi connectivity index (χ2n) is 8.22. The van der Waals surface area contributed by atoms with Crippen molar-refractivity contribution in [3.63, 3.8) is 0 Å². The number of halogens is 1. The van der Waals surface area contributed by atoms with Crippen molar-refractivity contribution >= 4 is 34.1 Å². The number of nitriles is 1. The first-order chi connectivity index (χ1) is 16.5. The van der Waals surface area contributed by atoms with Crippen LogP contribution in [0.1, 0.15) is 22.5 Å². The molecule has 1 amide bonds. The molecule has 0 unspecified atom stereocenters. The first kappa shape index (κ1) is 27.9. The molecule has 0 aliphatic carbocycles. The summed E-state index contributed by atoms with van der Waals surface area (Å²) in [4.78, 5) is 31.8. The summed E-state index contributed by atoms with van der Waals surface area (Å²) in [5.41, 5.74) is 1.41. The van der Waals surface area contributed by atoms with Crippen LogP contribution >= 0.6 is 11.6 Å². The van der Waals surface area contributed by atoms with E-state index < -0.39 is 0 Å². The number of anilines is 1. The van der Waals surface area contributed by atoms with Gasteiger partial charge >= 0.3 is 0 Å². The Labute approximate surface area is 210 Å². The van der Waals surface area contributed by atoms with E-state index in [0.29, 0.717) is 44.2 Å². The Morgan fingerprint density at radius 1 is 1.11 bits per heavy atom. The number of benzene rings is 1. The van der Waals surface area contributed by atoms with E-state index in [1.807, 2.05) is 38.4 Å². The molecule has 10 heteroatoms. The summed E-state index contributed by atoms with van der Waals surface area (Å²) in [6.07, 6.45) is 3.77. The summed E-state index contributed by atoms with van der Waals surface area (Å²) in [6.45, 7) is 3.47. The largest absolute Gasteiger partial charge is 0.459 e. The maximum atomic E-state index is 13.3. The van der Waals surface area contributed by atoms with Crippen LogP contribution in [-0.2, 0) is 6.54 Å². The highest BCUT2D eigenvalue weighted by molar-refractivity contribution is 6.15. The lowest BCUT2D eigenvalue weighted by molar-refractivity contribution is 0.0715. The summed E-state index contributed by atoms with van der Waals surface area (Å²) >= 11 is 4.64. The molecule has 188 valence electrons. The number of rotatable bonds is 6. The van der Waals surface area contributed by atoms with Gasteiger partial charge in [-0.3, -0.25) is 9.59 Å². The smallest absolute Gasteiger partial charge is 0.289 e. The third-order valence-corrected chi connectivity index (χ3v) is 5.86. The first-order valence-electron chi connectivity index (χ1n) is 11.2. The van der Waals surface area contributed by atoms with Crippen molar-refractivity contribution in [2.75, 3.05) is 58.1 Å². The third kappa shape index (κ3) is 6.03. The quantitative estimate of drug-likeness (QED) is 0.515. The topological polar surface area (TPSA) is 121 Å². The number of aryl methyl sites for hydroxylation is 1. The lowest BCUT2D eigenvalue weighted by Gasteiger charge is -2.36. The summed E-state index contributed by atoms with van der Waals surface area (Å²) in [5, 5.41) is 10.8. The van der Waals surface area contributed by atoms with Crippen LogP contribution < -0.4 is 16.6 Å². The zero-order valence-corrected chi connectivity index (χ0v) is 21.3. The van der Waals surface area contributed by atoms with Crippen molar-refractivity contribution in [1.82, 2.24) is 20.5 Å². The molecule has 1 fully saturated rings. The van der Waals surface area contributed by atoms with Crippen LogP contribution in [0, 0.1) is 11.3 Å². The van der Waals surface area contributed by atoms with Crippen molar-refractivity contribution in [3.05, 3.63) is 64.3 Å². The molecule has 3 aromatic rings. The highest BCUT2D eigenvalue weighted by atomic mass is 35.5. The molecule has 0 saturated carbocycles. The van der Waals surface area contributed by atoms with Gasteiger partial charge in [-0.2, -0.15) is 5.26 Å². The number of hydrogen-bond acceptors (Lipinski definition) is 7. The van der Waals surface area contributed by atoms with Crippen LogP contribution in [0.2, 0.25) is 0 Å². The molecule has 2 aromatic heterocycles. The fourth-order valence-electron chi connectivity index (χ4n) is 4.28. The predicted octanol–water partition coefficient (Wildman–Crippen LogP) is 3.40. The van der Waals surface area contributed by atoms with Crippen molar-refractivity contribution in [1.29, 1.82) is 5.26 Å². The molecule has 1 saturated heterocycles. The van der Waals surface area contributed by atoms with Gasteiger partial charge in [0, 0.05) is 44.5 Å². The average molecular weight is 501 g/mol. The molecule has 0 spiro atoms. The fraction of sp³-hybridized carbons (Fsp3) is 0.400. The highest BCUT2D eigenvalue weighted by Crippen LogP contribution is 2.30. The van der Waals surface area contributed by atoms with Crippen molar-refractivity contribution < 1.29 is 9.21 Å². The van der Waals surface area contributed by atoms with Gasteiger partial charge in [-0.05, 0) is 45.3 Å². The predicted molar refractivity (Wildman–Crippen MR) is 140 cm³/mol. The maximum Gasteiger partial charge on any atom is 0.289 e. The molecule has 1 aliphatic rings. The zero-order valence-electron chi connectivity index (χ0n) is 20.5. The summed E-state index contributed by atoms with van der Waals surface area (Å²) in [6, 6.07) is 13.3. The lowest BCUT2D eigenvalue weighted by Crippen LogP contribution is -2.49. The minimum Gasteiger partial charge on any atom is -0.459 e. The minimum atomic E-state index is -0.256. The molecule has 4 rings (SSSR count). The van der Waals surface area contributed by atoms with Gasteiger partial charge in [-0.15, -0.1) is 11.6 Å². The molecule has 0 bridgehead atoms. The van der Waals surface area contributed by atoms with Gasteiger partial charge in [0.15, 0.2) is 5.76 Å². The monoisotopic (exact) mass is 500 g/mol.